The number of carbonyl (C=O) groups is 1. The Bertz CT molecular complexity index is 373. The van der Waals surface area contributed by atoms with Gasteiger partial charge in [0.25, 0.3) is 0 Å². The third-order valence-corrected chi connectivity index (χ3v) is 3.72. The number of likely N-dealkylation sites (N-methyl/N-ethyl adjacent to an activating group) is 1. The molecule has 22 heavy (non-hydrogen) atoms. The highest BCUT2D eigenvalue weighted by Crippen LogP contribution is 2.09. The number of likely N-dealkylation sites (tertiary alicyclic amines) is 1. The van der Waals surface area contributed by atoms with E-state index in [9.17, 15) is 4.79 Å². The molecule has 0 aromatic carbocycles. The van der Waals surface area contributed by atoms with E-state index in [1.54, 1.807) is 7.05 Å². The number of piperidine rings is 1. The molecule has 1 saturated heterocycles. The summed E-state index contributed by atoms with van der Waals surface area (Å²) in [5, 5.41) is 9.48. The molecule has 3 N–H and O–H groups in total. The zero-order valence-corrected chi connectivity index (χ0v) is 14.2. The van der Waals surface area contributed by atoms with Crippen LogP contribution in [0, 0.1) is 0 Å². The van der Waals surface area contributed by atoms with Crippen molar-refractivity contribution in [2.24, 2.45) is 4.99 Å². The maximum atomic E-state index is 11.4. The number of nitrogens with zero attached hydrogens (tertiary/aromatic N) is 2. The lowest BCUT2D eigenvalue weighted by Gasteiger charge is -2.32. The van der Waals surface area contributed by atoms with Crippen molar-refractivity contribution < 1.29 is 4.79 Å². The number of aliphatic imine (C=N–C) groups is 1. The Morgan fingerprint density at radius 1 is 1.36 bits per heavy atom. The number of guanidine groups is 1. The number of amides is 1. The summed E-state index contributed by atoms with van der Waals surface area (Å²) in [7, 11) is 1.68. The van der Waals surface area contributed by atoms with Crippen molar-refractivity contribution in [1.82, 2.24) is 20.9 Å². The fourth-order valence-electron chi connectivity index (χ4n) is 2.45. The van der Waals surface area contributed by atoms with E-state index in [0.29, 0.717) is 12.6 Å². The molecule has 0 bridgehead atoms. The van der Waals surface area contributed by atoms with E-state index in [1.807, 2.05) is 6.92 Å². The summed E-state index contributed by atoms with van der Waals surface area (Å²) in [5.41, 5.74) is 0. The van der Waals surface area contributed by atoms with Gasteiger partial charge in [-0.3, -0.25) is 14.7 Å². The Morgan fingerprint density at radius 3 is 2.68 bits per heavy atom. The monoisotopic (exact) mass is 309 g/mol. The van der Waals surface area contributed by atoms with E-state index < -0.39 is 0 Å². The zero-order valence-electron chi connectivity index (χ0n) is 14.2. The van der Waals surface area contributed by atoms with E-state index >= 15 is 0 Å². The Labute approximate surface area is 134 Å². The summed E-state index contributed by atoms with van der Waals surface area (Å²) in [6.45, 7) is 8.17. The van der Waals surface area contributed by atoms with E-state index in [0.717, 1.165) is 51.4 Å². The minimum Gasteiger partial charge on any atom is -0.358 e. The molecule has 1 rings (SSSR count). The smallest absolute Gasteiger partial charge is 0.233 e. The normalized spacial score (nSPS) is 17.7. The standard InChI is InChI=1S/C16H31N5O/c1-4-6-7-10-19-16(18-5-2)20-14-8-11-21(12-9-14)13-15(22)17-3/h4,6,14H,5,7-13H2,1-3H3,(H,17,22)(H2,18,19,20)/b6-4+. The first-order valence-corrected chi connectivity index (χ1v) is 8.28. The van der Waals surface area contributed by atoms with E-state index in [-0.39, 0.29) is 5.91 Å². The van der Waals surface area contributed by atoms with Gasteiger partial charge >= 0.3 is 0 Å². The number of hydrogen-bond acceptors (Lipinski definition) is 3. The maximum Gasteiger partial charge on any atom is 0.233 e. The summed E-state index contributed by atoms with van der Waals surface area (Å²) in [4.78, 5) is 18.2. The lowest BCUT2D eigenvalue weighted by Crippen LogP contribution is -2.50. The molecule has 0 unspecified atom stereocenters. The molecule has 0 aromatic rings. The lowest BCUT2D eigenvalue weighted by atomic mass is 10.1. The first kappa shape index (κ1) is 18.5. The maximum absolute atomic E-state index is 11.4. The molecule has 0 radical (unpaired) electrons. The molecule has 1 amide bonds. The number of nitrogens with one attached hydrogen (secondary N) is 3. The second kappa shape index (κ2) is 11.1. The van der Waals surface area contributed by atoms with E-state index in [1.165, 1.54) is 0 Å². The van der Waals surface area contributed by atoms with Crippen molar-refractivity contribution in [3.05, 3.63) is 12.2 Å². The van der Waals surface area contributed by atoms with Gasteiger partial charge < -0.3 is 16.0 Å². The van der Waals surface area contributed by atoms with Gasteiger partial charge in [0.2, 0.25) is 5.91 Å². The average molecular weight is 309 g/mol. The molecule has 0 atom stereocenters. The van der Waals surface area contributed by atoms with Gasteiger partial charge in [0.05, 0.1) is 6.54 Å². The minimum absolute atomic E-state index is 0.0882. The Balaban J connectivity index is 2.36. The molecule has 0 spiro atoms. The van der Waals surface area contributed by atoms with Crippen molar-refractivity contribution in [3.63, 3.8) is 0 Å². The molecule has 1 heterocycles. The van der Waals surface area contributed by atoms with Gasteiger partial charge in [-0.15, -0.1) is 0 Å². The van der Waals surface area contributed by atoms with Crippen LogP contribution in [-0.4, -0.2) is 62.6 Å². The molecule has 126 valence electrons. The van der Waals surface area contributed by atoms with Gasteiger partial charge in [0, 0.05) is 39.3 Å². The van der Waals surface area contributed by atoms with Crippen LogP contribution >= 0.6 is 0 Å². The van der Waals surface area contributed by atoms with E-state index in [2.05, 4.69) is 44.9 Å². The topological polar surface area (TPSA) is 68.8 Å². The second-order valence-corrected chi connectivity index (χ2v) is 5.49. The van der Waals surface area contributed by atoms with Crippen molar-refractivity contribution >= 4 is 11.9 Å². The number of hydrogen-bond donors (Lipinski definition) is 3. The van der Waals surface area contributed by atoms with Gasteiger partial charge in [-0.2, -0.15) is 0 Å². The molecule has 1 fully saturated rings. The predicted molar refractivity (Wildman–Crippen MR) is 92.1 cm³/mol. The van der Waals surface area contributed by atoms with Crippen LogP contribution in [0.3, 0.4) is 0 Å². The van der Waals surface area contributed by atoms with Crippen LogP contribution in [0.2, 0.25) is 0 Å². The molecular weight excluding hydrogens is 278 g/mol. The minimum atomic E-state index is 0.0882. The number of carbonyl (C=O) groups excluding carboxylic acids is 1. The highest BCUT2D eigenvalue weighted by Gasteiger charge is 2.21. The van der Waals surface area contributed by atoms with Crippen LogP contribution in [0.15, 0.2) is 17.1 Å². The first-order valence-electron chi connectivity index (χ1n) is 8.28. The fourth-order valence-corrected chi connectivity index (χ4v) is 2.45. The quantitative estimate of drug-likeness (QED) is 0.280. The largest absolute Gasteiger partial charge is 0.358 e. The molecule has 0 saturated carbocycles. The Kier molecular flexibility index (Phi) is 9.30. The average Bonchev–Trinajstić information content (AvgIpc) is 2.53. The first-order chi connectivity index (χ1) is 10.7. The molecule has 6 nitrogen and oxygen atoms in total. The van der Waals surface area contributed by atoms with E-state index in [4.69, 9.17) is 0 Å². The Hall–Kier alpha value is -1.56. The van der Waals surface area contributed by atoms with Crippen molar-refractivity contribution in [2.75, 3.05) is 39.8 Å². The summed E-state index contributed by atoms with van der Waals surface area (Å²) in [6.07, 6.45) is 7.23. The van der Waals surface area contributed by atoms with Crippen LogP contribution in [0.1, 0.15) is 33.1 Å². The third-order valence-electron chi connectivity index (χ3n) is 3.72. The molecule has 1 aliphatic heterocycles. The molecule has 0 aromatic heterocycles. The fraction of sp³-hybridized carbons (Fsp3) is 0.750. The van der Waals surface area contributed by atoms with Gasteiger partial charge in [-0.25, -0.2) is 0 Å². The van der Waals surface area contributed by atoms with Crippen molar-refractivity contribution in [3.8, 4) is 0 Å². The van der Waals surface area contributed by atoms with Crippen molar-refractivity contribution in [2.45, 2.75) is 39.2 Å². The second-order valence-electron chi connectivity index (χ2n) is 5.49. The molecular formula is C16H31N5O. The van der Waals surface area contributed by atoms with Crippen molar-refractivity contribution in [1.29, 1.82) is 0 Å². The lowest BCUT2D eigenvalue weighted by molar-refractivity contribution is -0.122. The summed E-state index contributed by atoms with van der Waals surface area (Å²) in [6, 6.07) is 0.431. The highest BCUT2D eigenvalue weighted by molar-refractivity contribution is 5.80. The highest BCUT2D eigenvalue weighted by atomic mass is 16.1. The van der Waals surface area contributed by atoms with Crippen LogP contribution in [0.5, 0.6) is 0 Å². The zero-order chi connectivity index (χ0) is 16.2. The molecule has 6 heteroatoms. The Morgan fingerprint density at radius 2 is 2.09 bits per heavy atom. The van der Waals surface area contributed by atoms with Crippen LogP contribution in [0.4, 0.5) is 0 Å². The molecule has 1 aliphatic rings. The number of rotatable bonds is 7. The van der Waals surface area contributed by atoms with Gasteiger partial charge in [-0.1, -0.05) is 12.2 Å². The molecule has 0 aliphatic carbocycles. The van der Waals surface area contributed by atoms with Crippen LogP contribution in [0.25, 0.3) is 0 Å². The number of allylic oxidation sites excluding steroid dienone is 1. The summed E-state index contributed by atoms with van der Waals surface area (Å²) >= 11 is 0. The SMILES string of the molecule is C/C=C/CCN=C(NCC)NC1CCN(CC(=O)NC)CC1. The van der Waals surface area contributed by atoms with Gasteiger partial charge in [-0.05, 0) is 33.1 Å². The summed E-state index contributed by atoms with van der Waals surface area (Å²) < 4.78 is 0. The third kappa shape index (κ3) is 7.45. The van der Waals surface area contributed by atoms with Gasteiger partial charge in [0.15, 0.2) is 5.96 Å². The van der Waals surface area contributed by atoms with Crippen LogP contribution in [-0.2, 0) is 4.79 Å². The van der Waals surface area contributed by atoms with Crippen LogP contribution < -0.4 is 16.0 Å². The van der Waals surface area contributed by atoms with Gasteiger partial charge in [0.1, 0.15) is 0 Å². The predicted octanol–water partition coefficient (Wildman–Crippen LogP) is 0.718. The summed E-state index contributed by atoms with van der Waals surface area (Å²) in [5.74, 6) is 0.988.